The zero-order valence-electron chi connectivity index (χ0n) is 7.18. The Morgan fingerprint density at radius 3 is 2.92 bits per heavy atom. The topological polar surface area (TPSA) is 45.8 Å². The van der Waals surface area contributed by atoms with Crippen LogP contribution in [0.1, 0.15) is 29.7 Å². The summed E-state index contributed by atoms with van der Waals surface area (Å²) >= 11 is 0. The Kier molecular flexibility index (Phi) is 1.71. The minimum Gasteiger partial charge on any atom is -0.268 e. The van der Waals surface area contributed by atoms with Crippen LogP contribution in [0.3, 0.4) is 0 Å². The summed E-state index contributed by atoms with van der Waals surface area (Å²) in [5.41, 5.74) is 3.11. The van der Waals surface area contributed by atoms with E-state index in [1.54, 1.807) is 0 Å². The molecule has 0 saturated carbocycles. The van der Waals surface area contributed by atoms with E-state index < -0.39 is 0 Å². The van der Waals surface area contributed by atoms with E-state index in [-0.39, 0.29) is 5.56 Å². The fourth-order valence-electron chi connectivity index (χ4n) is 1.76. The molecule has 0 fully saturated rings. The highest BCUT2D eigenvalue weighted by molar-refractivity contribution is 5.28. The van der Waals surface area contributed by atoms with Crippen molar-refractivity contribution in [1.29, 1.82) is 0 Å². The zero-order chi connectivity index (χ0) is 8.55. The van der Waals surface area contributed by atoms with E-state index >= 15 is 0 Å². The van der Waals surface area contributed by atoms with Crippen molar-refractivity contribution in [2.45, 2.75) is 32.6 Å². The third kappa shape index (κ3) is 1.05. The maximum Gasteiger partial charge on any atom is 0.267 e. The van der Waals surface area contributed by atoms with Crippen LogP contribution in [-0.4, -0.2) is 10.2 Å². The van der Waals surface area contributed by atoms with Crippen LogP contribution in [0.5, 0.6) is 0 Å². The highest BCUT2D eigenvalue weighted by Crippen LogP contribution is 2.19. The Hall–Kier alpha value is -1.12. The van der Waals surface area contributed by atoms with Crippen LogP contribution < -0.4 is 5.56 Å². The van der Waals surface area contributed by atoms with Gasteiger partial charge >= 0.3 is 0 Å². The van der Waals surface area contributed by atoms with Gasteiger partial charge in [-0.05, 0) is 38.2 Å². The van der Waals surface area contributed by atoms with Gasteiger partial charge in [0.05, 0.1) is 5.69 Å². The van der Waals surface area contributed by atoms with Crippen molar-refractivity contribution in [3.8, 4) is 0 Å². The molecule has 0 saturated heterocycles. The number of nitrogens with one attached hydrogen (secondary N) is 1. The average Bonchev–Trinajstić information content (AvgIpc) is 2.12. The van der Waals surface area contributed by atoms with E-state index in [0.29, 0.717) is 0 Å². The number of hydrogen-bond donors (Lipinski definition) is 1. The molecule has 0 bridgehead atoms. The monoisotopic (exact) mass is 164 g/mol. The Balaban J connectivity index is 2.61. The lowest BCUT2D eigenvalue weighted by Gasteiger charge is -2.14. The molecule has 1 heterocycles. The maximum absolute atomic E-state index is 11.2. The van der Waals surface area contributed by atoms with Crippen molar-refractivity contribution in [2.24, 2.45) is 0 Å². The van der Waals surface area contributed by atoms with Crippen LogP contribution in [-0.2, 0) is 12.8 Å². The van der Waals surface area contributed by atoms with Crippen molar-refractivity contribution >= 4 is 0 Å². The van der Waals surface area contributed by atoms with Gasteiger partial charge in [0.2, 0.25) is 0 Å². The largest absolute Gasteiger partial charge is 0.268 e. The highest BCUT2D eigenvalue weighted by Gasteiger charge is 2.14. The van der Waals surface area contributed by atoms with E-state index in [1.807, 2.05) is 6.92 Å². The normalized spacial score (nSPS) is 15.8. The van der Waals surface area contributed by atoms with Gasteiger partial charge in [0, 0.05) is 5.56 Å². The molecule has 12 heavy (non-hydrogen) atoms. The molecular weight excluding hydrogens is 152 g/mol. The lowest BCUT2D eigenvalue weighted by atomic mass is 9.94. The van der Waals surface area contributed by atoms with Gasteiger partial charge in [-0.1, -0.05) is 0 Å². The summed E-state index contributed by atoms with van der Waals surface area (Å²) in [7, 11) is 0. The summed E-state index contributed by atoms with van der Waals surface area (Å²) in [5.74, 6) is 0. The number of aryl methyl sites for hydroxylation is 1. The second-order valence-corrected chi connectivity index (χ2v) is 3.31. The van der Waals surface area contributed by atoms with Gasteiger partial charge in [-0.2, -0.15) is 5.10 Å². The molecule has 0 aliphatic heterocycles. The van der Waals surface area contributed by atoms with Gasteiger partial charge in [-0.15, -0.1) is 0 Å². The Bertz CT molecular complexity index is 354. The number of hydrogen-bond acceptors (Lipinski definition) is 2. The fourth-order valence-corrected chi connectivity index (χ4v) is 1.76. The third-order valence-corrected chi connectivity index (χ3v) is 2.52. The van der Waals surface area contributed by atoms with Crippen molar-refractivity contribution < 1.29 is 0 Å². The number of aromatic amines is 1. The van der Waals surface area contributed by atoms with E-state index in [1.165, 1.54) is 18.4 Å². The molecule has 1 aromatic heterocycles. The summed E-state index contributed by atoms with van der Waals surface area (Å²) in [5, 5.41) is 6.56. The lowest BCUT2D eigenvalue weighted by Crippen LogP contribution is -2.19. The number of aromatic nitrogens is 2. The summed E-state index contributed by atoms with van der Waals surface area (Å²) in [6.07, 6.45) is 4.44. The summed E-state index contributed by atoms with van der Waals surface area (Å²) in [6, 6.07) is 0. The van der Waals surface area contributed by atoms with Crippen LogP contribution in [0.2, 0.25) is 0 Å². The lowest BCUT2D eigenvalue weighted by molar-refractivity contribution is 0.646. The molecule has 2 rings (SSSR count). The predicted octanol–water partition coefficient (Wildman–Crippen LogP) is 0.957. The molecule has 3 nitrogen and oxygen atoms in total. The Morgan fingerprint density at radius 1 is 1.33 bits per heavy atom. The number of H-pyrrole nitrogens is 1. The van der Waals surface area contributed by atoms with Crippen LogP contribution in [0.25, 0.3) is 0 Å². The third-order valence-electron chi connectivity index (χ3n) is 2.52. The van der Waals surface area contributed by atoms with Crippen molar-refractivity contribution in [1.82, 2.24) is 10.2 Å². The van der Waals surface area contributed by atoms with Gasteiger partial charge in [0.15, 0.2) is 0 Å². The second-order valence-electron chi connectivity index (χ2n) is 3.31. The Morgan fingerprint density at radius 2 is 2.08 bits per heavy atom. The molecule has 1 aliphatic carbocycles. The van der Waals surface area contributed by atoms with Gasteiger partial charge in [-0.25, -0.2) is 5.10 Å². The predicted molar refractivity (Wildman–Crippen MR) is 46.2 cm³/mol. The first kappa shape index (κ1) is 7.53. The minimum absolute atomic E-state index is 0.0318. The minimum atomic E-state index is -0.0318. The highest BCUT2D eigenvalue weighted by atomic mass is 16.1. The van der Waals surface area contributed by atoms with Crippen molar-refractivity contribution in [2.75, 3.05) is 0 Å². The fraction of sp³-hybridized carbons (Fsp3) is 0.556. The first-order valence-corrected chi connectivity index (χ1v) is 4.36. The van der Waals surface area contributed by atoms with Crippen molar-refractivity contribution in [3.63, 3.8) is 0 Å². The van der Waals surface area contributed by atoms with Crippen LogP contribution >= 0.6 is 0 Å². The molecule has 3 heteroatoms. The summed E-state index contributed by atoms with van der Waals surface area (Å²) in [4.78, 5) is 11.2. The molecule has 0 spiro atoms. The van der Waals surface area contributed by atoms with E-state index in [0.717, 1.165) is 24.1 Å². The molecule has 0 radical (unpaired) electrons. The first-order valence-electron chi connectivity index (χ1n) is 4.36. The summed E-state index contributed by atoms with van der Waals surface area (Å²) in [6.45, 7) is 1.88. The standard InChI is InChI=1S/C9H12N2O/c1-6-7-4-2-3-5-8(7)10-11-9(6)12/h2-5H2,1H3,(H,11,12). The van der Waals surface area contributed by atoms with Crippen LogP contribution in [0.4, 0.5) is 0 Å². The van der Waals surface area contributed by atoms with Gasteiger partial charge in [-0.3, -0.25) is 4.79 Å². The van der Waals surface area contributed by atoms with Crippen molar-refractivity contribution in [3.05, 3.63) is 27.2 Å². The number of nitrogens with zero attached hydrogens (tertiary/aromatic N) is 1. The van der Waals surface area contributed by atoms with Gasteiger partial charge in [0.1, 0.15) is 0 Å². The zero-order valence-corrected chi connectivity index (χ0v) is 7.18. The smallest absolute Gasteiger partial charge is 0.267 e. The molecule has 64 valence electrons. The maximum atomic E-state index is 11.2. The SMILES string of the molecule is Cc1c2c(n[nH]c1=O)CCCC2. The number of rotatable bonds is 0. The van der Waals surface area contributed by atoms with E-state index in [2.05, 4.69) is 10.2 Å². The summed E-state index contributed by atoms with van der Waals surface area (Å²) < 4.78 is 0. The molecule has 0 atom stereocenters. The Labute approximate surface area is 70.8 Å². The quantitative estimate of drug-likeness (QED) is 0.620. The molecular formula is C9H12N2O. The van der Waals surface area contributed by atoms with Gasteiger partial charge in [0.25, 0.3) is 5.56 Å². The van der Waals surface area contributed by atoms with Crippen LogP contribution in [0, 0.1) is 6.92 Å². The molecule has 0 amide bonds. The molecule has 1 aliphatic rings. The molecule has 1 N–H and O–H groups in total. The van der Waals surface area contributed by atoms with E-state index in [4.69, 9.17) is 0 Å². The first-order chi connectivity index (χ1) is 5.79. The molecule has 1 aromatic rings. The van der Waals surface area contributed by atoms with E-state index in [9.17, 15) is 4.79 Å². The van der Waals surface area contributed by atoms with Gasteiger partial charge < -0.3 is 0 Å². The average molecular weight is 164 g/mol. The van der Waals surface area contributed by atoms with Crippen LogP contribution in [0.15, 0.2) is 4.79 Å². The number of fused-ring (bicyclic) bond motifs is 1. The molecule has 0 aromatic carbocycles. The molecule has 0 unspecified atom stereocenters. The second kappa shape index (κ2) is 2.73.